The Morgan fingerprint density at radius 1 is 1.27 bits per heavy atom. The van der Waals surface area contributed by atoms with Crippen molar-refractivity contribution in [3.8, 4) is 0 Å². The standard InChI is InChI=1S/C11H21N3S/c1-4-9-11(12)10(5-2)14(13-9)7-8-15-6-3/h4-8,12H2,1-3H3. The van der Waals surface area contributed by atoms with E-state index in [-0.39, 0.29) is 0 Å². The Bertz CT molecular complexity index is 307. The number of aromatic nitrogens is 2. The molecule has 0 aromatic carbocycles. The lowest BCUT2D eigenvalue weighted by molar-refractivity contribution is 0.624. The maximum atomic E-state index is 6.04. The maximum absolute atomic E-state index is 6.04. The monoisotopic (exact) mass is 227 g/mol. The third-order valence-electron chi connectivity index (χ3n) is 2.50. The number of aryl methyl sites for hydroxylation is 2. The molecule has 0 bridgehead atoms. The van der Waals surface area contributed by atoms with Gasteiger partial charge in [-0.2, -0.15) is 16.9 Å². The molecule has 0 unspecified atom stereocenters. The summed E-state index contributed by atoms with van der Waals surface area (Å²) in [6, 6.07) is 0. The van der Waals surface area contributed by atoms with Crippen molar-refractivity contribution in [3.05, 3.63) is 11.4 Å². The summed E-state index contributed by atoms with van der Waals surface area (Å²) in [4.78, 5) is 0. The first kappa shape index (κ1) is 12.4. The van der Waals surface area contributed by atoms with E-state index in [1.165, 1.54) is 11.4 Å². The molecule has 0 saturated carbocycles. The van der Waals surface area contributed by atoms with Crippen LogP contribution in [-0.4, -0.2) is 21.3 Å². The Balaban J connectivity index is 2.77. The van der Waals surface area contributed by atoms with Crippen molar-refractivity contribution < 1.29 is 0 Å². The molecule has 1 aromatic rings. The zero-order chi connectivity index (χ0) is 11.3. The highest BCUT2D eigenvalue weighted by Crippen LogP contribution is 2.18. The van der Waals surface area contributed by atoms with E-state index < -0.39 is 0 Å². The largest absolute Gasteiger partial charge is 0.396 e. The highest BCUT2D eigenvalue weighted by molar-refractivity contribution is 7.99. The van der Waals surface area contributed by atoms with Crippen LogP contribution < -0.4 is 5.73 Å². The third-order valence-corrected chi connectivity index (χ3v) is 3.38. The summed E-state index contributed by atoms with van der Waals surface area (Å²) in [5, 5.41) is 4.55. The second kappa shape index (κ2) is 6.05. The molecule has 0 fully saturated rings. The van der Waals surface area contributed by atoms with Gasteiger partial charge in [-0.05, 0) is 18.6 Å². The van der Waals surface area contributed by atoms with E-state index in [4.69, 9.17) is 5.73 Å². The molecule has 1 aromatic heterocycles. The number of nitrogens with two attached hydrogens (primary N) is 1. The van der Waals surface area contributed by atoms with Crippen molar-refractivity contribution in [2.24, 2.45) is 0 Å². The molecule has 0 amide bonds. The number of rotatable bonds is 6. The van der Waals surface area contributed by atoms with Gasteiger partial charge in [-0.15, -0.1) is 0 Å². The lowest BCUT2D eigenvalue weighted by atomic mass is 10.2. The molecule has 4 heteroatoms. The highest BCUT2D eigenvalue weighted by atomic mass is 32.2. The van der Waals surface area contributed by atoms with Gasteiger partial charge in [-0.3, -0.25) is 4.68 Å². The zero-order valence-corrected chi connectivity index (χ0v) is 10.7. The minimum Gasteiger partial charge on any atom is -0.396 e. The van der Waals surface area contributed by atoms with Gasteiger partial charge >= 0.3 is 0 Å². The first-order chi connectivity index (χ1) is 7.24. The van der Waals surface area contributed by atoms with E-state index in [2.05, 4.69) is 30.6 Å². The Labute approximate surface area is 96.4 Å². The van der Waals surface area contributed by atoms with Crippen molar-refractivity contribution in [2.45, 2.75) is 40.2 Å². The minimum absolute atomic E-state index is 0.904. The molecule has 0 aliphatic rings. The molecule has 2 N–H and O–H groups in total. The van der Waals surface area contributed by atoms with Crippen LogP contribution in [-0.2, 0) is 19.4 Å². The molecule has 0 aliphatic heterocycles. The number of nitrogens with zero attached hydrogens (tertiary/aromatic N) is 2. The number of nitrogen functional groups attached to an aromatic ring is 1. The van der Waals surface area contributed by atoms with Crippen LogP contribution in [0.1, 0.15) is 32.2 Å². The topological polar surface area (TPSA) is 43.8 Å². The minimum atomic E-state index is 0.904. The fourth-order valence-electron chi connectivity index (χ4n) is 1.68. The molecule has 0 radical (unpaired) electrons. The van der Waals surface area contributed by atoms with Crippen LogP contribution in [0.3, 0.4) is 0 Å². The Morgan fingerprint density at radius 3 is 2.53 bits per heavy atom. The molecule has 1 heterocycles. The number of thioether (sulfide) groups is 1. The van der Waals surface area contributed by atoms with Crippen molar-refractivity contribution >= 4 is 17.4 Å². The first-order valence-electron chi connectivity index (χ1n) is 5.66. The van der Waals surface area contributed by atoms with Gasteiger partial charge < -0.3 is 5.73 Å². The van der Waals surface area contributed by atoms with Gasteiger partial charge in [0.1, 0.15) is 0 Å². The Kier molecular flexibility index (Phi) is 5.02. The summed E-state index contributed by atoms with van der Waals surface area (Å²) in [6.45, 7) is 7.39. The SMILES string of the molecule is CCSCCn1nc(CC)c(N)c1CC. The van der Waals surface area contributed by atoms with Gasteiger partial charge in [0.25, 0.3) is 0 Å². The van der Waals surface area contributed by atoms with Gasteiger partial charge in [0, 0.05) is 5.75 Å². The van der Waals surface area contributed by atoms with Gasteiger partial charge in [-0.1, -0.05) is 20.8 Å². The third kappa shape index (κ3) is 2.91. The van der Waals surface area contributed by atoms with Crippen LogP contribution in [0.5, 0.6) is 0 Å². The van der Waals surface area contributed by atoms with Crippen molar-refractivity contribution in [3.63, 3.8) is 0 Å². The van der Waals surface area contributed by atoms with E-state index in [1.807, 2.05) is 11.8 Å². The fourth-order valence-corrected chi connectivity index (χ4v) is 2.27. The van der Waals surface area contributed by atoms with Crippen LogP contribution >= 0.6 is 11.8 Å². The van der Waals surface area contributed by atoms with Gasteiger partial charge in [0.05, 0.1) is 23.6 Å². The summed E-state index contributed by atoms with van der Waals surface area (Å²) in [5.41, 5.74) is 9.19. The smallest absolute Gasteiger partial charge is 0.0854 e. The van der Waals surface area contributed by atoms with Crippen LogP contribution in [0.2, 0.25) is 0 Å². The maximum Gasteiger partial charge on any atom is 0.0854 e. The predicted molar refractivity (Wildman–Crippen MR) is 68.4 cm³/mol. The van der Waals surface area contributed by atoms with Gasteiger partial charge in [0.15, 0.2) is 0 Å². The van der Waals surface area contributed by atoms with E-state index >= 15 is 0 Å². The molecule has 15 heavy (non-hydrogen) atoms. The van der Waals surface area contributed by atoms with Crippen molar-refractivity contribution in [1.82, 2.24) is 9.78 Å². The van der Waals surface area contributed by atoms with Crippen LogP contribution in [0.15, 0.2) is 0 Å². The molecule has 1 rings (SSSR count). The second-order valence-corrected chi connectivity index (χ2v) is 4.83. The van der Waals surface area contributed by atoms with Crippen LogP contribution in [0.25, 0.3) is 0 Å². The Hall–Kier alpha value is -0.640. The molecule has 86 valence electrons. The summed E-state index contributed by atoms with van der Waals surface area (Å²) in [5.74, 6) is 2.28. The summed E-state index contributed by atoms with van der Waals surface area (Å²) in [7, 11) is 0. The molecular weight excluding hydrogens is 206 g/mol. The molecule has 0 aliphatic carbocycles. The van der Waals surface area contributed by atoms with E-state index in [1.54, 1.807) is 0 Å². The molecule has 0 spiro atoms. The quantitative estimate of drug-likeness (QED) is 0.759. The number of hydrogen-bond acceptors (Lipinski definition) is 3. The summed E-state index contributed by atoms with van der Waals surface area (Å²) >= 11 is 1.94. The predicted octanol–water partition coefficient (Wildman–Crippen LogP) is 2.34. The van der Waals surface area contributed by atoms with E-state index in [0.717, 1.165) is 36.5 Å². The molecule has 3 nitrogen and oxygen atoms in total. The second-order valence-electron chi connectivity index (χ2n) is 3.43. The van der Waals surface area contributed by atoms with Crippen LogP contribution in [0, 0.1) is 0 Å². The van der Waals surface area contributed by atoms with E-state index in [0.29, 0.717) is 0 Å². The van der Waals surface area contributed by atoms with Gasteiger partial charge in [-0.25, -0.2) is 0 Å². The van der Waals surface area contributed by atoms with Crippen molar-refractivity contribution in [1.29, 1.82) is 0 Å². The van der Waals surface area contributed by atoms with Gasteiger partial charge in [0.2, 0.25) is 0 Å². The molecule has 0 saturated heterocycles. The number of anilines is 1. The van der Waals surface area contributed by atoms with E-state index in [9.17, 15) is 0 Å². The normalized spacial score (nSPS) is 10.9. The fraction of sp³-hybridized carbons (Fsp3) is 0.727. The zero-order valence-electron chi connectivity index (χ0n) is 9.92. The molecular formula is C11H21N3S. The molecule has 0 atom stereocenters. The highest BCUT2D eigenvalue weighted by Gasteiger charge is 2.11. The average molecular weight is 227 g/mol. The lowest BCUT2D eigenvalue weighted by Gasteiger charge is -2.05. The first-order valence-corrected chi connectivity index (χ1v) is 6.81. The van der Waals surface area contributed by atoms with Crippen LogP contribution in [0.4, 0.5) is 5.69 Å². The van der Waals surface area contributed by atoms with Crippen molar-refractivity contribution in [2.75, 3.05) is 17.2 Å². The lowest BCUT2D eigenvalue weighted by Crippen LogP contribution is -2.07. The summed E-state index contributed by atoms with van der Waals surface area (Å²) in [6.07, 6.45) is 1.89. The Morgan fingerprint density at radius 2 is 2.00 bits per heavy atom. The average Bonchev–Trinajstić information content (AvgIpc) is 2.55. The number of hydrogen-bond donors (Lipinski definition) is 1. The summed E-state index contributed by atoms with van der Waals surface area (Å²) < 4.78 is 2.08.